The van der Waals surface area contributed by atoms with E-state index in [-0.39, 0.29) is 16.4 Å². The molecular weight excluding hydrogens is 468 g/mol. The molecule has 172 valence electrons. The maximum absolute atomic E-state index is 13.7. The van der Waals surface area contributed by atoms with E-state index < -0.39 is 16.0 Å². The monoisotopic (exact) mass is 490 g/mol. The van der Waals surface area contributed by atoms with Crippen LogP contribution in [0.4, 0.5) is 5.69 Å². The van der Waals surface area contributed by atoms with E-state index in [0.29, 0.717) is 11.3 Å². The average molecular weight is 491 g/mol. The highest BCUT2D eigenvalue weighted by atomic mass is 32.2. The molecule has 0 radical (unpaired) electrons. The van der Waals surface area contributed by atoms with Crippen LogP contribution in [0, 0.1) is 6.92 Å². The van der Waals surface area contributed by atoms with Crippen molar-refractivity contribution in [2.75, 3.05) is 4.72 Å². The molecule has 34 heavy (non-hydrogen) atoms. The smallest absolute Gasteiger partial charge is 0.335 e. The Morgan fingerprint density at radius 1 is 1.00 bits per heavy atom. The summed E-state index contributed by atoms with van der Waals surface area (Å²) in [5.41, 5.74) is 4.43. The Hall–Kier alpha value is -3.49. The van der Waals surface area contributed by atoms with Gasteiger partial charge in [0.2, 0.25) is 0 Å². The predicted molar refractivity (Wildman–Crippen MR) is 134 cm³/mol. The summed E-state index contributed by atoms with van der Waals surface area (Å²) >= 11 is 1.39. The van der Waals surface area contributed by atoms with Crippen LogP contribution in [-0.4, -0.2) is 23.9 Å². The number of carboxylic acids is 1. The second-order valence-electron chi connectivity index (χ2n) is 8.36. The third-order valence-corrected chi connectivity index (χ3v) is 8.10. The summed E-state index contributed by atoms with van der Waals surface area (Å²) < 4.78 is 34.3. The number of anilines is 1. The number of aromatic nitrogens is 1. The van der Waals surface area contributed by atoms with Gasteiger partial charge < -0.3 is 5.11 Å². The van der Waals surface area contributed by atoms with Gasteiger partial charge >= 0.3 is 5.97 Å². The van der Waals surface area contributed by atoms with Crippen molar-refractivity contribution in [3.8, 4) is 22.3 Å². The molecule has 0 spiro atoms. The van der Waals surface area contributed by atoms with Crippen LogP contribution in [0.25, 0.3) is 22.3 Å². The molecule has 4 aromatic rings. The third kappa shape index (κ3) is 4.34. The van der Waals surface area contributed by atoms with Crippen LogP contribution >= 0.6 is 11.5 Å². The highest BCUT2D eigenvalue weighted by Gasteiger charge is 2.31. The highest BCUT2D eigenvalue weighted by Crippen LogP contribution is 2.44. The van der Waals surface area contributed by atoms with Gasteiger partial charge in [-0.3, -0.25) is 4.72 Å². The van der Waals surface area contributed by atoms with Gasteiger partial charge in [0.1, 0.15) is 0 Å². The first-order chi connectivity index (χ1) is 16.3. The minimum absolute atomic E-state index is 0.0210. The van der Waals surface area contributed by atoms with Crippen LogP contribution < -0.4 is 4.72 Å². The molecule has 0 atom stereocenters. The van der Waals surface area contributed by atoms with Crippen molar-refractivity contribution in [2.24, 2.45) is 0 Å². The number of aryl methyl sites for hydroxylation is 1. The molecule has 5 rings (SSSR count). The minimum atomic E-state index is -4.06. The molecule has 1 saturated carbocycles. The maximum atomic E-state index is 13.7. The van der Waals surface area contributed by atoms with Gasteiger partial charge in [-0.1, -0.05) is 48.5 Å². The number of carbonyl (C=O) groups is 1. The van der Waals surface area contributed by atoms with Crippen LogP contribution in [0.2, 0.25) is 0 Å². The number of sulfonamides is 1. The summed E-state index contributed by atoms with van der Waals surface area (Å²) in [6.45, 7) is 1.97. The van der Waals surface area contributed by atoms with Crippen molar-refractivity contribution >= 4 is 33.2 Å². The number of hydrogen-bond donors (Lipinski definition) is 2. The fraction of sp³-hybridized carbons (Fsp3) is 0.154. The molecule has 1 fully saturated rings. The summed E-state index contributed by atoms with van der Waals surface area (Å²) in [5, 5.41) is 9.45. The normalized spacial score (nSPS) is 13.6. The summed E-state index contributed by atoms with van der Waals surface area (Å²) in [5.74, 6) is -1.03. The van der Waals surface area contributed by atoms with Crippen LogP contribution in [0.3, 0.4) is 0 Å². The van der Waals surface area contributed by atoms with E-state index in [2.05, 4.69) is 9.10 Å². The number of benzene rings is 3. The second kappa shape index (κ2) is 8.70. The van der Waals surface area contributed by atoms with E-state index in [4.69, 9.17) is 0 Å². The maximum Gasteiger partial charge on any atom is 0.335 e. The fourth-order valence-corrected chi connectivity index (χ4v) is 6.05. The van der Waals surface area contributed by atoms with Gasteiger partial charge in [0, 0.05) is 22.2 Å². The first-order valence-corrected chi connectivity index (χ1v) is 13.1. The molecular formula is C26H22N2O4S2. The van der Waals surface area contributed by atoms with Gasteiger partial charge in [0.25, 0.3) is 10.0 Å². The van der Waals surface area contributed by atoms with Crippen LogP contribution in [0.5, 0.6) is 0 Å². The first kappa shape index (κ1) is 22.3. The van der Waals surface area contributed by atoms with Crippen LogP contribution in [0.15, 0.2) is 77.8 Å². The Bertz CT molecular complexity index is 1490. The molecule has 0 amide bonds. The molecule has 2 N–H and O–H groups in total. The van der Waals surface area contributed by atoms with Gasteiger partial charge in [-0.05, 0) is 72.1 Å². The SMILES string of the molecule is Cc1sncc1-c1ccc(-c2ccccc2)c(NS(=O)(=O)c2cc(C(=O)O)ccc2C2CC2)c1. The zero-order valence-corrected chi connectivity index (χ0v) is 20.0. The lowest BCUT2D eigenvalue weighted by molar-refractivity contribution is 0.0696. The highest BCUT2D eigenvalue weighted by molar-refractivity contribution is 7.92. The lowest BCUT2D eigenvalue weighted by atomic mass is 9.99. The lowest BCUT2D eigenvalue weighted by Crippen LogP contribution is -2.16. The van der Waals surface area contributed by atoms with E-state index in [0.717, 1.165) is 40.0 Å². The molecule has 3 aromatic carbocycles. The first-order valence-electron chi connectivity index (χ1n) is 10.8. The van der Waals surface area contributed by atoms with Gasteiger partial charge in [-0.25, -0.2) is 17.6 Å². The Morgan fingerprint density at radius 2 is 1.76 bits per heavy atom. The van der Waals surface area contributed by atoms with Crippen LogP contribution in [-0.2, 0) is 10.0 Å². The second-order valence-corrected chi connectivity index (χ2v) is 11.0. The van der Waals surface area contributed by atoms with Crippen molar-refractivity contribution < 1.29 is 18.3 Å². The molecule has 0 bridgehead atoms. The zero-order chi connectivity index (χ0) is 23.9. The Labute approximate surface area is 202 Å². The van der Waals surface area contributed by atoms with Crippen molar-refractivity contribution in [1.29, 1.82) is 0 Å². The Morgan fingerprint density at radius 3 is 2.41 bits per heavy atom. The summed E-state index contributed by atoms with van der Waals surface area (Å²) in [7, 11) is -4.06. The number of nitrogens with one attached hydrogen (secondary N) is 1. The summed E-state index contributed by atoms with van der Waals surface area (Å²) in [6.07, 6.45) is 3.56. The van der Waals surface area contributed by atoms with Crippen molar-refractivity contribution in [3.05, 3.63) is 88.9 Å². The zero-order valence-electron chi connectivity index (χ0n) is 18.4. The van der Waals surface area contributed by atoms with E-state index in [1.54, 1.807) is 12.3 Å². The van der Waals surface area contributed by atoms with Crippen LogP contribution in [0.1, 0.15) is 39.6 Å². The van der Waals surface area contributed by atoms with E-state index >= 15 is 0 Å². The fourth-order valence-electron chi connectivity index (χ4n) is 4.07. The van der Waals surface area contributed by atoms with Gasteiger partial charge in [0.05, 0.1) is 16.1 Å². The number of rotatable bonds is 7. The molecule has 6 nitrogen and oxygen atoms in total. The van der Waals surface area contributed by atoms with Crippen molar-refractivity contribution in [1.82, 2.24) is 4.37 Å². The summed E-state index contributed by atoms with van der Waals surface area (Å²) in [4.78, 5) is 12.6. The predicted octanol–water partition coefficient (Wildman–Crippen LogP) is 6.16. The standard InChI is InChI=1S/C26H22N2O4S2/c1-16-23(15-27-33-16)19-9-11-21(17-5-3-2-4-6-17)24(13-19)28-34(31,32)25-14-20(26(29)30)10-12-22(25)18-7-8-18/h2-6,9-15,18,28H,7-8H2,1H3,(H,29,30). The van der Waals surface area contributed by atoms with Gasteiger partial charge in [-0.2, -0.15) is 0 Å². The largest absolute Gasteiger partial charge is 0.478 e. The molecule has 1 aliphatic carbocycles. The van der Waals surface area contributed by atoms with E-state index in [1.807, 2.05) is 55.5 Å². The quantitative estimate of drug-likeness (QED) is 0.323. The van der Waals surface area contributed by atoms with Gasteiger partial charge in [0.15, 0.2) is 0 Å². The molecule has 1 aliphatic rings. The average Bonchev–Trinajstić information content (AvgIpc) is 3.59. The minimum Gasteiger partial charge on any atom is -0.478 e. The Balaban J connectivity index is 1.64. The number of carboxylic acid groups (broad SMARTS) is 1. The molecule has 0 saturated heterocycles. The molecule has 0 unspecified atom stereocenters. The van der Waals surface area contributed by atoms with Gasteiger partial charge in [-0.15, -0.1) is 0 Å². The molecule has 1 heterocycles. The third-order valence-electron chi connectivity index (χ3n) is 5.98. The van der Waals surface area contributed by atoms with E-state index in [9.17, 15) is 18.3 Å². The Kier molecular flexibility index (Phi) is 5.71. The van der Waals surface area contributed by atoms with E-state index in [1.165, 1.54) is 23.7 Å². The van der Waals surface area contributed by atoms with Crippen molar-refractivity contribution in [3.63, 3.8) is 0 Å². The number of aromatic carboxylic acids is 1. The van der Waals surface area contributed by atoms with Crippen molar-refractivity contribution in [2.45, 2.75) is 30.6 Å². The number of nitrogens with zero attached hydrogens (tertiary/aromatic N) is 1. The molecule has 0 aliphatic heterocycles. The molecule has 8 heteroatoms. The topological polar surface area (TPSA) is 96.4 Å². The molecule has 1 aromatic heterocycles. The number of hydrogen-bond acceptors (Lipinski definition) is 5. The summed E-state index contributed by atoms with van der Waals surface area (Å²) in [6, 6.07) is 19.6. The lowest BCUT2D eigenvalue weighted by Gasteiger charge is -2.17.